The Morgan fingerprint density at radius 1 is 1.28 bits per heavy atom. The minimum absolute atomic E-state index is 0.302. The summed E-state index contributed by atoms with van der Waals surface area (Å²) in [7, 11) is 0. The SMILES string of the molecule is CC(C)CCC1(C)NC(=O)N(CC(=O)Nc2ccc(Cl)c(Cl)c2)C1=O. The summed E-state index contributed by atoms with van der Waals surface area (Å²) in [6.45, 7) is 5.43. The lowest BCUT2D eigenvalue weighted by atomic mass is 9.92. The molecular formula is C17H21Cl2N3O3. The fourth-order valence-corrected chi connectivity index (χ4v) is 2.85. The fraction of sp³-hybridized carbons (Fsp3) is 0.471. The number of hydrogen-bond acceptors (Lipinski definition) is 3. The third-order valence-electron chi connectivity index (χ3n) is 4.07. The number of nitrogens with one attached hydrogen (secondary N) is 2. The maximum atomic E-state index is 12.6. The average Bonchev–Trinajstić information content (AvgIpc) is 2.73. The lowest BCUT2D eigenvalue weighted by molar-refractivity contribution is -0.133. The molecule has 1 fully saturated rings. The van der Waals surface area contributed by atoms with Gasteiger partial charge in [-0.2, -0.15) is 0 Å². The molecule has 1 aliphatic heterocycles. The molecule has 2 N–H and O–H groups in total. The van der Waals surface area contributed by atoms with E-state index in [2.05, 4.69) is 10.6 Å². The summed E-state index contributed by atoms with van der Waals surface area (Å²) in [4.78, 5) is 37.8. The Bertz CT molecular complexity index is 708. The van der Waals surface area contributed by atoms with E-state index in [1.807, 2.05) is 13.8 Å². The first kappa shape index (κ1) is 19.5. The summed E-state index contributed by atoms with van der Waals surface area (Å²) < 4.78 is 0. The molecule has 8 heteroatoms. The summed E-state index contributed by atoms with van der Waals surface area (Å²) in [5, 5.41) is 5.96. The van der Waals surface area contributed by atoms with Gasteiger partial charge in [0.1, 0.15) is 12.1 Å². The van der Waals surface area contributed by atoms with Gasteiger partial charge in [-0.3, -0.25) is 14.5 Å². The van der Waals surface area contributed by atoms with Gasteiger partial charge in [-0.25, -0.2) is 4.79 Å². The molecule has 1 aliphatic rings. The maximum absolute atomic E-state index is 12.6. The maximum Gasteiger partial charge on any atom is 0.325 e. The van der Waals surface area contributed by atoms with Crippen LogP contribution in [0.3, 0.4) is 0 Å². The molecule has 0 bridgehead atoms. The summed E-state index contributed by atoms with van der Waals surface area (Å²) in [6.07, 6.45) is 1.33. The molecule has 1 aromatic carbocycles. The number of urea groups is 1. The number of halogens is 2. The van der Waals surface area contributed by atoms with Crippen molar-refractivity contribution in [1.29, 1.82) is 0 Å². The highest BCUT2D eigenvalue weighted by Crippen LogP contribution is 2.26. The molecule has 1 aromatic rings. The first-order chi connectivity index (χ1) is 11.6. The fourth-order valence-electron chi connectivity index (χ4n) is 2.56. The van der Waals surface area contributed by atoms with E-state index < -0.39 is 17.5 Å². The van der Waals surface area contributed by atoms with E-state index in [0.717, 1.165) is 11.3 Å². The molecule has 1 heterocycles. The lowest BCUT2D eigenvalue weighted by Crippen LogP contribution is -2.44. The monoisotopic (exact) mass is 385 g/mol. The van der Waals surface area contributed by atoms with Gasteiger partial charge in [0.25, 0.3) is 5.91 Å². The molecule has 1 saturated heterocycles. The molecule has 25 heavy (non-hydrogen) atoms. The molecule has 1 atom stereocenters. The van der Waals surface area contributed by atoms with Crippen LogP contribution < -0.4 is 10.6 Å². The molecular weight excluding hydrogens is 365 g/mol. The molecule has 136 valence electrons. The molecule has 0 aliphatic carbocycles. The van der Waals surface area contributed by atoms with Crippen molar-refractivity contribution >= 4 is 46.7 Å². The highest BCUT2D eigenvalue weighted by Gasteiger charge is 2.47. The first-order valence-corrected chi connectivity index (χ1v) is 8.77. The number of anilines is 1. The van der Waals surface area contributed by atoms with E-state index in [-0.39, 0.29) is 12.5 Å². The summed E-state index contributed by atoms with van der Waals surface area (Å²) >= 11 is 11.7. The van der Waals surface area contributed by atoms with Crippen molar-refractivity contribution < 1.29 is 14.4 Å². The van der Waals surface area contributed by atoms with Crippen molar-refractivity contribution in [2.75, 3.05) is 11.9 Å². The number of amides is 4. The van der Waals surface area contributed by atoms with Gasteiger partial charge in [0, 0.05) is 5.69 Å². The predicted octanol–water partition coefficient (Wildman–Crippen LogP) is 3.68. The summed E-state index contributed by atoms with van der Waals surface area (Å²) in [6, 6.07) is 4.09. The second kappa shape index (κ2) is 7.62. The zero-order valence-electron chi connectivity index (χ0n) is 14.4. The Labute approximate surface area is 156 Å². The van der Waals surface area contributed by atoms with Gasteiger partial charge in [-0.1, -0.05) is 37.0 Å². The molecule has 6 nitrogen and oxygen atoms in total. The van der Waals surface area contributed by atoms with Crippen molar-refractivity contribution in [1.82, 2.24) is 10.2 Å². The molecule has 0 aromatic heterocycles. The van der Waals surface area contributed by atoms with Crippen molar-refractivity contribution in [3.8, 4) is 0 Å². The summed E-state index contributed by atoms with van der Waals surface area (Å²) in [5.41, 5.74) is -0.528. The second-order valence-electron chi connectivity index (χ2n) is 6.76. The van der Waals surface area contributed by atoms with Crippen LogP contribution >= 0.6 is 23.2 Å². The van der Waals surface area contributed by atoms with Gasteiger partial charge in [0.05, 0.1) is 10.0 Å². The third-order valence-corrected chi connectivity index (χ3v) is 4.81. The lowest BCUT2D eigenvalue weighted by Gasteiger charge is -2.22. The molecule has 0 spiro atoms. The Hall–Kier alpha value is -1.79. The smallest absolute Gasteiger partial charge is 0.324 e. The van der Waals surface area contributed by atoms with E-state index in [0.29, 0.717) is 28.1 Å². The largest absolute Gasteiger partial charge is 0.325 e. The van der Waals surface area contributed by atoms with E-state index in [4.69, 9.17) is 23.2 Å². The van der Waals surface area contributed by atoms with Gasteiger partial charge < -0.3 is 10.6 Å². The van der Waals surface area contributed by atoms with Gasteiger partial charge >= 0.3 is 6.03 Å². The minimum atomic E-state index is -0.967. The van der Waals surface area contributed by atoms with Crippen LogP contribution in [0.4, 0.5) is 10.5 Å². The quantitative estimate of drug-likeness (QED) is 0.733. The predicted molar refractivity (Wildman–Crippen MR) is 97.8 cm³/mol. The van der Waals surface area contributed by atoms with Crippen LogP contribution in [0.15, 0.2) is 18.2 Å². The van der Waals surface area contributed by atoms with Gasteiger partial charge in [-0.15, -0.1) is 0 Å². The average molecular weight is 386 g/mol. The number of carbonyl (C=O) groups excluding carboxylic acids is 3. The van der Waals surface area contributed by atoms with E-state index in [1.165, 1.54) is 6.07 Å². The Morgan fingerprint density at radius 2 is 1.96 bits per heavy atom. The van der Waals surface area contributed by atoms with Crippen molar-refractivity contribution in [3.05, 3.63) is 28.2 Å². The van der Waals surface area contributed by atoms with Crippen LogP contribution in [0.2, 0.25) is 10.0 Å². The highest BCUT2D eigenvalue weighted by atomic mass is 35.5. The Kier molecular flexibility index (Phi) is 5.95. The number of carbonyl (C=O) groups is 3. The van der Waals surface area contributed by atoms with Gasteiger partial charge in [-0.05, 0) is 43.9 Å². The van der Waals surface area contributed by atoms with Crippen LogP contribution in [0, 0.1) is 5.92 Å². The van der Waals surface area contributed by atoms with Crippen molar-refractivity contribution in [2.45, 2.75) is 39.2 Å². The Morgan fingerprint density at radius 3 is 2.56 bits per heavy atom. The van der Waals surface area contributed by atoms with E-state index >= 15 is 0 Å². The van der Waals surface area contributed by atoms with Crippen LogP contribution in [0.5, 0.6) is 0 Å². The Balaban J connectivity index is 2.01. The van der Waals surface area contributed by atoms with Crippen molar-refractivity contribution in [3.63, 3.8) is 0 Å². The topological polar surface area (TPSA) is 78.5 Å². The third kappa shape index (κ3) is 4.64. The van der Waals surface area contributed by atoms with Gasteiger partial charge in [0.2, 0.25) is 5.91 Å². The molecule has 1 unspecified atom stereocenters. The standard InChI is InChI=1S/C17H21Cl2N3O3/c1-10(2)6-7-17(3)15(24)22(16(25)21-17)9-14(23)20-11-4-5-12(18)13(19)8-11/h4-5,8,10H,6-7,9H2,1-3H3,(H,20,23)(H,21,25). The van der Waals surface area contributed by atoms with E-state index in [9.17, 15) is 14.4 Å². The van der Waals surface area contributed by atoms with Crippen LogP contribution in [0.1, 0.15) is 33.6 Å². The van der Waals surface area contributed by atoms with Gasteiger partial charge in [0.15, 0.2) is 0 Å². The zero-order valence-corrected chi connectivity index (χ0v) is 15.9. The minimum Gasteiger partial charge on any atom is -0.324 e. The molecule has 2 rings (SSSR count). The number of hydrogen-bond donors (Lipinski definition) is 2. The zero-order chi connectivity index (χ0) is 18.8. The molecule has 4 amide bonds. The normalized spacial score (nSPS) is 20.2. The molecule has 0 saturated carbocycles. The first-order valence-electron chi connectivity index (χ1n) is 8.01. The second-order valence-corrected chi connectivity index (χ2v) is 7.58. The van der Waals surface area contributed by atoms with Crippen LogP contribution in [-0.2, 0) is 9.59 Å². The number of imide groups is 1. The van der Waals surface area contributed by atoms with E-state index in [1.54, 1.807) is 19.1 Å². The van der Waals surface area contributed by atoms with Crippen LogP contribution in [-0.4, -0.2) is 34.8 Å². The van der Waals surface area contributed by atoms with Crippen LogP contribution in [0.25, 0.3) is 0 Å². The van der Waals surface area contributed by atoms with Crippen molar-refractivity contribution in [2.24, 2.45) is 5.92 Å². The summed E-state index contributed by atoms with van der Waals surface area (Å²) in [5.74, 6) is -0.467. The number of rotatable bonds is 6. The molecule has 0 radical (unpaired) electrons. The number of nitrogens with zero attached hydrogens (tertiary/aromatic N) is 1. The highest BCUT2D eigenvalue weighted by molar-refractivity contribution is 6.42. The number of benzene rings is 1.